The Morgan fingerprint density at radius 3 is 2.62 bits per heavy atom. The van der Waals surface area contributed by atoms with Gasteiger partial charge in [0.2, 0.25) is 0 Å². The topological polar surface area (TPSA) is 108 Å². The third-order valence-corrected chi connectivity index (χ3v) is 4.85. The molecule has 0 spiro atoms. The first kappa shape index (κ1) is 18.3. The van der Waals surface area contributed by atoms with Crippen LogP contribution in [0.15, 0.2) is 35.5 Å². The number of aliphatic hydroxyl groups excluding tert-OH is 1. The predicted molar refractivity (Wildman–Crippen MR) is 96.9 cm³/mol. The van der Waals surface area contributed by atoms with Crippen molar-refractivity contribution in [3.05, 3.63) is 58.0 Å². The van der Waals surface area contributed by atoms with Crippen LogP contribution in [0.25, 0.3) is 0 Å². The van der Waals surface area contributed by atoms with E-state index in [4.69, 9.17) is 0 Å². The van der Waals surface area contributed by atoms with E-state index in [0.717, 1.165) is 5.56 Å². The molecule has 2 aromatic rings. The molecule has 1 saturated carbocycles. The molecule has 26 heavy (non-hydrogen) atoms. The van der Waals surface area contributed by atoms with E-state index < -0.39 is 11.5 Å². The van der Waals surface area contributed by atoms with E-state index in [0.29, 0.717) is 25.1 Å². The summed E-state index contributed by atoms with van der Waals surface area (Å²) in [6.45, 7) is 3.84. The van der Waals surface area contributed by atoms with E-state index in [-0.39, 0.29) is 29.5 Å². The number of aromatic amines is 1. The minimum atomic E-state index is -0.436. The highest BCUT2D eigenvalue weighted by Gasteiger charge is 2.35. The molecule has 138 valence electrons. The Labute approximate surface area is 151 Å². The Balaban J connectivity index is 1.76. The molecule has 0 saturated heterocycles. The largest absolute Gasteiger partial charge is 0.393 e. The quantitative estimate of drug-likeness (QED) is 0.725. The summed E-state index contributed by atoms with van der Waals surface area (Å²) in [6.07, 6.45) is 6.37. The number of amides is 1. The second-order valence-electron chi connectivity index (χ2n) is 7.19. The number of rotatable bonds is 6. The lowest BCUT2D eigenvalue weighted by Crippen LogP contribution is -2.49. The average Bonchev–Trinajstić information content (AvgIpc) is 2.59. The minimum Gasteiger partial charge on any atom is -0.393 e. The van der Waals surface area contributed by atoms with Gasteiger partial charge in [-0.25, -0.2) is 4.98 Å². The zero-order chi connectivity index (χ0) is 18.7. The highest BCUT2D eigenvalue weighted by atomic mass is 16.3. The monoisotopic (exact) mass is 356 g/mol. The number of nitrogens with one attached hydrogen (secondary N) is 2. The van der Waals surface area contributed by atoms with Crippen molar-refractivity contribution in [3.8, 4) is 0 Å². The standard InChI is InChI=1S/C19H24N4O3/c1-11(2)17-21-10-15(19(26)23-17)18(25)22-16(13-8-14(24)9-13)7-12-3-5-20-6-4-12/h3-6,10-11,13-14,16,24H,7-9H2,1-2H3,(H,22,25)(H,21,23,26). The van der Waals surface area contributed by atoms with E-state index in [1.165, 1.54) is 6.20 Å². The van der Waals surface area contributed by atoms with Crippen LogP contribution in [0.2, 0.25) is 0 Å². The molecule has 2 heterocycles. The van der Waals surface area contributed by atoms with Crippen LogP contribution in [0.4, 0.5) is 0 Å². The van der Waals surface area contributed by atoms with E-state index in [1.807, 2.05) is 26.0 Å². The Morgan fingerprint density at radius 1 is 1.35 bits per heavy atom. The van der Waals surface area contributed by atoms with E-state index >= 15 is 0 Å². The summed E-state index contributed by atoms with van der Waals surface area (Å²) in [5.41, 5.74) is 0.625. The van der Waals surface area contributed by atoms with Crippen molar-refractivity contribution in [2.24, 2.45) is 5.92 Å². The number of aromatic nitrogens is 3. The van der Waals surface area contributed by atoms with Gasteiger partial charge in [0.25, 0.3) is 11.5 Å². The number of pyridine rings is 1. The molecule has 1 unspecified atom stereocenters. The maximum absolute atomic E-state index is 12.6. The van der Waals surface area contributed by atoms with Crippen molar-refractivity contribution in [2.45, 2.75) is 51.2 Å². The molecular formula is C19H24N4O3. The molecule has 0 bridgehead atoms. The van der Waals surface area contributed by atoms with Crippen LogP contribution in [-0.2, 0) is 6.42 Å². The van der Waals surface area contributed by atoms with E-state index in [9.17, 15) is 14.7 Å². The van der Waals surface area contributed by atoms with Gasteiger partial charge < -0.3 is 15.4 Å². The first-order chi connectivity index (χ1) is 12.4. The van der Waals surface area contributed by atoms with Gasteiger partial charge in [0, 0.05) is 30.6 Å². The van der Waals surface area contributed by atoms with Crippen LogP contribution in [0.3, 0.4) is 0 Å². The van der Waals surface area contributed by atoms with Gasteiger partial charge in [-0.1, -0.05) is 13.8 Å². The van der Waals surface area contributed by atoms with Crippen molar-refractivity contribution in [1.29, 1.82) is 0 Å². The van der Waals surface area contributed by atoms with Gasteiger partial charge in [-0.05, 0) is 42.9 Å². The van der Waals surface area contributed by atoms with Crippen LogP contribution >= 0.6 is 0 Å². The summed E-state index contributed by atoms with van der Waals surface area (Å²) in [6, 6.07) is 3.65. The van der Waals surface area contributed by atoms with Gasteiger partial charge in [-0.15, -0.1) is 0 Å². The fourth-order valence-electron chi connectivity index (χ4n) is 3.18. The van der Waals surface area contributed by atoms with Crippen LogP contribution in [-0.4, -0.2) is 38.1 Å². The highest BCUT2D eigenvalue weighted by Crippen LogP contribution is 2.31. The lowest BCUT2D eigenvalue weighted by molar-refractivity contribution is 0.0239. The molecule has 1 fully saturated rings. The average molecular weight is 356 g/mol. The van der Waals surface area contributed by atoms with Crippen molar-refractivity contribution >= 4 is 5.91 Å². The molecule has 3 rings (SSSR count). The van der Waals surface area contributed by atoms with Crippen molar-refractivity contribution in [1.82, 2.24) is 20.3 Å². The molecule has 3 N–H and O–H groups in total. The maximum Gasteiger partial charge on any atom is 0.263 e. The van der Waals surface area contributed by atoms with Gasteiger partial charge in [-0.3, -0.25) is 14.6 Å². The smallest absolute Gasteiger partial charge is 0.263 e. The summed E-state index contributed by atoms with van der Waals surface area (Å²) in [4.78, 5) is 35.7. The summed E-state index contributed by atoms with van der Waals surface area (Å²) in [5, 5.41) is 12.6. The zero-order valence-electron chi connectivity index (χ0n) is 15.0. The second kappa shape index (κ2) is 7.78. The fourth-order valence-corrected chi connectivity index (χ4v) is 3.18. The van der Waals surface area contributed by atoms with Crippen LogP contribution < -0.4 is 10.9 Å². The number of aliphatic hydroxyl groups is 1. The fraction of sp³-hybridized carbons (Fsp3) is 0.474. The Hall–Kier alpha value is -2.54. The van der Waals surface area contributed by atoms with Crippen molar-refractivity contribution < 1.29 is 9.90 Å². The highest BCUT2D eigenvalue weighted by molar-refractivity contribution is 5.93. The second-order valence-corrected chi connectivity index (χ2v) is 7.19. The minimum absolute atomic E-state index is 0.00833. The van der Waals surface area contributed by atoms with Gasteiger partial charge in [0.05, 0.1) is 6.10 Å². The number of carbonyl (C=O) groups is 1. The van der Waals surface area contributed by atoms with Gasteiger partial charge >= 0.3 is 0 Å². The van der Waals surface area contributed by atoms with E-state index in [1.54, 1.807) is 12.4 Å². The SMILES string of the molecule is CC(C)c1ncc(C(=O)NC(Cc2ccncc2)C2CC(O)C2)c(=O)[nH]1. The first-order valence-corrected chi connectivity index (χ1v) is 8.91. The molecule has 2 aromatic heterocycles. The normalized spacial score (nSPS) is 20.5. The Morgan fingerprint density at radius 2 is 2.04 bits per heavy atom. The lowest BCUT2D eigenvalue weighted by Gasteiger charge is -2.38. The number of hydrogen-bond acceptors (Lipinski definition) is 5. The molecule has 0 aromatic carbocycles. The summed E-state index contributed by atoms with van der Waals surface area (Å²) in [7, 11) is 0. The molecule has 0 aliphatic heterocycles. The van der Waals surface area contributed by atoms with Crippen LogP contribution in [0.5, 0.6) is 0 Å². The summed E-state index contributed by atoms with van der Waals surface area (Å²) >= 11 is 0. The maximum atomic E-state index is 12.6. The third kappa shape index (κ3) is 4.16. The van der Waals surface area contributed by atoms with Crippen LogP contribution in [0.1, 0.15) is 54.4 Å². The van der Waals surface area contributed by atoms with Gasteiger partial charge in [0.1, 0.15) is 11.4 Å². The van der Waals surface area contributed by atoms with Crippen molar-refractivity contribution in [3.63, 3.8) is 0 Å². The van der Waals surface area contributed by atoms with Crippen LogP contribution in [0, 0.1) is 5.92 Å². The molecule has 1 aliphatic rings. The predicted octanol–water partition coefficient (Wildman–Crippen LogP) is 1.40. The first-order valence-electron chi connectivity index (χ1n) is 8.91. The molecule has 0 radical (unpaired) electrons. The molecule has 1 amide bonds. The Kier molecular flexibility index (Phi) is 5.46. The van der Waals surface area contributed by atoms with E-state index in [2.05, 4.69) is 20.3 Å². The molecule has 1 aliphatic carbocycles. The van der Waals surface area contributed by atoms with Gasteiger partial charge in [-0.2, -0.15) is 0 Å². The van der Waals surface area contributed by atoms with Gasteiger partial charge in [0.15, 0.2) is 0 Å². The molecule has 7 nitrogen and oxygen atoms in total. The molecular weight excluding hydrogens is 332 g/mol. The summed E-state index contributed by atoms with van der Waals surface area (Å²) in [5.74, 6) is 0.385. The molecule has 1 atom stereocenters. The third-order valence-electron chi connectivity index (χ3n) is 4.85. The Bertz CT molecular complexity index is 813. The number of nitrogens with zero attached hydrogens (tertiary/aromatic N) is 2. The lowest BCUT2D eigenvalue weighted by atomic mass is 9.75. The summed E-state index contributed by atoms with van der Waals surface area (Å²) < 4.78 is 0. The van der Waals surface area contributed by atoms with Crippen molar-refractivity contribution in [2.75, 3.05) is 0 Å². The molecule has 7 heteroatoms. The number of hydrogen-bond donors (Lipinski definition) is 3. The zero-order valence-corrected chi connectivity index (χ0v) is 15.0. The number of carbonyl (C=O) groups excluding carboxylic acids is 1. The number of H-pyrrole nitrogens is 1.